The summed E-state index contributed by atoms with van der Waals surface area (Å²) < 4.78 is 25.9. The summed E-state index contributed by atoms with van der Waals surface area (Å²) in [5.74, 6) is -0.252. The fraction of sp³-hybridized carbons (Fsp3) is 0.292. The van der Waals surface area contributed by atoms with E-state index in [1.165, 1.54) is 0 Å². The van der Waals surface area contributed by atoms with E-state index in [9.17, 15) is 13.2 Å². The van der Waals surface area contributed by atoms with Crippen LogP contribution in [0.4, 0.5) is 11.4 Å². The topological polar surface area (TPSA) is 119 Å². The molecule has 1 aliphatic heterocycles. The molecule has 0 radical (unpaired) electrons. The average Bonchev–Trinajstić information content (AvgIpc) is 3.39. The number of carbonyl (C=O) groups excluding carboxylic acids is 1. The van der Waals surface area contributed by atoms with Gasteiger partial charge in [0.05, 0.1) is 29.9 Å². The van der Waals surface area contributed by atoms with E-state index in [2.05, 4.69) is 19.3 Å². The van der Waals surface area contributed by atoms with Crippen LogP contribution >= 0.6 is 0 Å². The molecule has 1 aromatic heterocycles. The minimum absolute atomic E-state index is 0.0216. The predicted octanol–water partition coefficient (Wildman–Crippen LogP) is 3.02. The maximum Gasteiger partial charge on any atom is 0.272 e. The molecule has 1 aliphatic rings. The number of para-hydroxylation sites is 2. The molecule has 0 fully saturated rings. The van der Waals surface area contributed by atoms with Gasteiger partial charge in [-0.1, -0.05) is 43.3 Å². The van der Waals surface area contributed by atoms with E-state index in [0.717, 1.165) is 28.1 Å². The zero-order valence-electron chi connectivity index (χ0n) is 18.8. The van der Waals surface area contributed by atoms with Crippen molar-refractivity contribution >= 4 is 34.0 Å². The number of amides is 1. The summed E-state index contributed by atoms with van der Waals surface area (Å²) in [6, 6.07) is 15.3. The van der Waals surface area contributed by atoms with Gasteiger partial charge in [0.25, 0.3) is 16.9 Å². The highest BCUT2D eigenvalue weighted by Gasteiger charge is 2.29. The van der Waals surface area contributed by atoms with Crippen molar-refractivity contribution in [2.24, 2.45) is 0 Å². The lowest BCUT2D eigenvalue weighted by Gasteiger charge is -2.38. The number of rotatable bonds is 9. The second-order valence-electron chi connectivity index (χ2n) is 8.30. The first kappa shape index (κ1) is 23.7. The summed E-state index contributed by atoms with van der Waals surface area (Å²) in [5, 5.41) is 15.2. The SMILES string of the molecule is CC(CC(=N)C(=O)N1CCN(Cc2ccc(CO[SH](=O)=O)cc2)c2ccccc21)c1cn[nH]c1. The molecule has 178 valence electrons. The Morgan fingerprint density at radius 2 is 1.82 bits per heavy atom. The number of fused-ring (bicyclic) bond motifs is 1. The molecule has 2 heterocycles. The van der Waals surface area contributed by atoms with Crippen molar-refractivity contribution in [1.29, 1.82) is 5.41 Å². The first-order valence-corrected chi connectivity index (χ1v) is 12.1. The van der Waals surface area contributed by atoms with E-state index in [0.29, 0.717) is 26.1 Å². The monoisotopic (exact) mass is 481 g/mol. The lowest BCUT2D eigenvalue weighted by molar-refractivity contribution is -0.112. The molecule has 2 aromatic carbocycles. The highest BCUT2D eigenvalue weighted by molar-refractivity contribution is 7.67. The third-order valence-electron chi connectivity index (χ3n) is 5.94. The minimum atomic E-state index is -2.86. The molecule has 0 spiro atoms. The van der Waals surface area contributed by atoms with Crippen molar-refractivity contribution in [2.75, 3.05) is 22.9 Å². The second-order valence-corrected chi connectivity index (χ2v) is 9.00. The highest BCUT2D eigenvalue weighted by atomic mass is 32.2. The molecule has 34 heavy (non-hydrogen) atoms. The van der Waals surface area contributed by atoms with Gasteiger partial charge in [-0.2, -0.15) is 5.10 Å². The summed E-state index contributed by atoms with van der Waals surface area (Å²) in [5.41, 5.74) is 4.63. The van der Waals surface area contributed by atoms with Crippen LogP contribution in [0.3, 0.4) is 0 Å². The van der Waals surface area contributed by atoms with Gasteiger partial charge in [0.2, 0.25) is 0 Å². The van der Waals surface area contributed by atoms with E-state index in [1.54, 1.807) is 17.3 Å². The smallest absolute Gasteiger partial charge is 0.272 e. The van der Waals surface area contributed by atoms with Crippen LogP contribution in [0.2, 0.25) is 0 Å². The number of hydrogen-bond acceptors (Lipinski definition) is 7. The number of nitrogens with one attached hydrogen (secondary N) is 2. The number of carbonyl (C=O) groups is 1. The maximum absolute atomic E-state index is 13.2. The van der Waals surface area contributed by atoms with Gasteiger partial charge in [-0.25, -0.2) is 8.42 Å². The molecule has 1 unspecified atom stereocenters. The van der Waals surface area contributed by atoms with Crippen LogP contribution in [-0.4, -0.2) is 43.3 Å². The second kappa shape index (κ2) is 10.6. The Morgan fingerprint density at radius 1 is 1.12 bits per heavy atom. The van der Waals surface area contributed by atoms with E-state index in [4.69, 9.17) is 5.41 Å². The van der Waals surface area contributed by atoms with Crippen LogP contribution in [-0.2, 0) is 33.1 Å². The van der Waals surface area contributed by atoms with Crippen LogP contribution in [0.1, 0.15) is 36.0 Å². The van der Waals surface area contributed by atoms with Gasteiger partial charge >= 0.3 is 0 Å². The third-order valence-corrected chi connectivity index (χ3v) is 6.28. The fourth-order valence-corrected chi connectivity index (χ4v) is 4.34. The van der Waals surface area contributed by atoms with Gasteiger partial charge in [0, 0.05) is 32.3 Å². The Morgan fingerprint density at radius 3 is 2.50 bits per heavy atom. The number of aromatic amines is 1. The fourth-order valence-electron chi connectivity index (χ4n) is 4.09. The Labute approximate surface area is 200 Å². The Hall–Kier alpha value is -3.50. The van der Waals surface area contributed by atoms with Crippen molar-refractivity contribution in [1.82, 2.24) is 10.2 Å². The molecule has 10 heteroatoms. The molecule has 0 saturated heterocycles. The largest absolute Gasteiger partial charge is 0.364 e. The van der Waals surface area contributed by atoms with Crippen LogP contribution in [0, 0.1) is 5.41 Å². The number of benzene rings is 2. The predicted molar refractivity (Wildman–Crippen MR) is 131 cm³/mol. The molecule has 1 atom stereocenters. The maximum atomic E-state index is 13.2. The van der Waals surface area contributed by atoms with Crippen molar-refractivity contribution in [2.45, 2.75) is 32.4 Å². The van der Waals surface area contributed by atoms with Crippen molar-refractivity contribution in [3.05, 3.63) is 77.6 Å². The molecule has 0 aliphatic carbocycles. The summed E-state index contributed by atoms with van der Waals surface area (Å²) in [6.45, 7) is 3.77. The van der Waals surface area contributed by atoms with E-state index in [-0.39, 0.29) is 24.1 Å². The van der Waals surface area contributed by atoms with Crippen LogP contribution in [0.15, 0.2) is 60.9 Å². The third kappa shape index (κ3) is 5.52. The molecule has 0 saturated carbocycles. The number of nitrogens with zero attached hydrogens (tertiary/aromatic N) is 3. The van der Waals surface area contributed by atoms with E-state index in [1.807, 2.05) is 55.5 Å². The number of H-pyrrole nitrogens is 1. The molecular formula is C24H27N5O4S. The lowest BCUT2D eigenvalue weighted by atomic mass is 9.97. The number of hydrogen-bond donors (Lipinski definition) is 3. The van der Waals surface area contributed by atoms with Crippen molar-refractivity contribution < 1.29 is 17.4 Å². The quantitative estimate of drug-likeness (QED) is 0.319. The van der Waals surface area contributed by atoms with Gasteiger partial charge in [0.1, 0.15) is 0 Å². The van der Waals surface area contributed by atoms with E-state index >= 15 is 0 Å². The number of anilines is 2. The van der Waals surface area contributed by atoms with Gasteiger partial charge in [-0.05, 0) is 34.7 Å². The number of thiol groups is 1. The normalized spacial score (nSPS) is 14.2. The molecular weight excluding hydrogens is 454 g/mol. The Bertz CT molecular complexity index is 1220. The summed E-state index contributed by atoms with van der Waals surface area (Å²) in [6.07, 6.45) is 3.86. The van der Waals surface area contributed by atoms with Gasteiger partial charge < -0.3 is 9.80 Å². The van der Waals surface area contributed by atoms with Crippen LogP contribution in [0.25, 0.3) is 0 Å². The van der Waals surface area contributed by atoms with Gasteiger partial charge in [-0.3, -0.25) is 19.5 Å². The average molecular weight is 482 g/mol. The van der Waals surface area contributed by atoms with Crippen molar-refractivity contribution in [3.63, 3.8) is 0 Å². The first-order chi connectivity index (χ1) is 16.4. The zero-order chi connectivity index (χ0) is 24.1. The van der Waals surface area contributed by atoms with Gasteiger partial charge in [0.15, 0.2) is 0 Å². The molecule has 4 rings (SSSR count). The lowest BCUT2D eigenvalue weighted by Crippen LogP contribution is -2.46. The van der Waals surface area contributed by atoms with Crippen molar-refractivity contribution in [3.8, 4) is 0 Å². The Kier molecular flexibility index (Phi) is 7.39. The van der Waals surface area contributed by atoms with E-state index < -0.39 is 11.0 Å². The molecule has 2 N–H and O–H groups in total. The summed E-state index contributed by atoms with van der Waals surface area (Å²) in [4.78, 5) is 17.1. The van der Waals surface area contributed by atoms with Crippen LogP contribution < -0.4 is 9.80 Å². The number of aromatic nitrogens is 2. The zero-order valence-corrected chi connectivity index (χ0v) is 19.7. The Balaban J connectivity index is 1.45. The molecule has 9 nitrogen and oxygen atoms in total. The summed E-state index contributed by atoms with van der Waals surface area (Å²) >= 11 is 0. The molecule has 0 bridgehead atoms. The standard InChI is InChI=1S/C24H27N5O4S/c1-17(20-13-26-27-14-20)12-21(25)24(30)29-11-10-28(22-4-2-3-5-23(22)29)15-18-6-8-19(9-7-18)16-33-34(31)32/h2-9,13-14,17,25,34H,10-12,15-16H2,1H3,(H,26,27). The van der Waals surface area contributed by atoms with Gasteiger partial charge in [-0.15, -0.1) is 0 Å². The first-order valence-electron chi connectivity index (χ1n) is 11.0. The van der Waals surface area contributed by atoms with Crippen LogP contribution in [0.5, 0.6) is 0 Å². The minimum Gasteiger partial charge on any atom is -0.364 e. The molecule has 3 aromatic rings. The highest BCUT2D eigenvalue weighted by Crippen LogP contribution is 2.34. The summed E-state index contributed by atoms with van der Waals surface area (Å²) in [7, 11) is -2.86. The molecule has 1 amide bonds.